The van der Waals surface area contributed by atoms with E-state index in [9.17, 15) is 22.6 Å². The topological polar surface area (TPSA) is 110 Å². The zero-order valence-corrected chi connectivity index (χ0v) is 31.2. The Balaban J connectivity index is 0.0000194. The molecule has 9 heteroatoms. The summed E-state index contributed by atoms with van der Waals surface area (Å²) in [5, 5.41) is 0. The summed E-state index contributed by atoms with van der Waals surface area (Å²) in [5.41, 5.74) is -0.400. The molecule has 0 atom stereocenters. The van der Waals surface area contributed by atoms with Gasteiger partial charge in [0.05, 0.1) is 29.2 Å². The van der Waals surface area contributed by atoms with Gasteiger partial charge in [0.2, 0.25) is 0 Å². The van der Waals surface area contributed by atoms with Crippen molar-refractivity contribution in [1.82, 2.24) is 0 Å². The molecular formula is C36H57NaO7S. The fourth-order valence-electron chi connectivity index (χ4n) is 4.82. The number of esters is 2. The molecule has 0 saturated heterocycles. The maximum absolute atomic E-state index is 12.8. The fraction of sp³-hybridized carbons (Fsp3) is 0.667. The Morgan fingerprint density at radius 1 is 0.600 bits per heavy atom. The van der Waals surface area contributed by atoms with Crippen molar-refractivity contribution in [3.8, 4) is 0 Å². The molecule has 0 saturated carbocycles. The van der Waals surface area contributed by atoms with Gasteiger partial charge in [0, 0.05) is 0 Å². The predicted octanol–water partition coefficient (Wildman–Crippen LogP) is 6.86. The van der Waals surface area contributed by atoms with E-state index in [4.69, 9.17) is 9.47 Å². The van der Waals surface area contributed by atoms with E-state index in [-0.39, 0.29) is 53.9 Å². The van der Waals surface area contributed by atoms with Gasteiger partial charge in [-0.05, 0) is 69.6 Å². The first-order valence-electron chi connectivity index (χ1n) is 17.0. The van der Waals surface area contributed by atoms with Crippen molar-refractivity contribution in [3.63, 3.8) is 0 Å². The van der Waals surface area contributed by atoms with E-state index in [0.29, 0.717) is 12.8 Å². The van der Waals surface area contributed by atoms with Gasteiger partial charge in [-0.3, -0.25) is 0 Å². The van der Waals surface area contributed by atoms with Crippen LogP contribution in [-0.4, -0.2) is 38.1 Å². The predicted molar refractivity (Wildman–Crippen MR) is 177 cm³/mol. The van der Waals surface area contributed by atoms with Crippen LogP contribution >= 0.6 is 0 Å². The molecule has 0 fully saturated rings. The molecule has 0 aliphatic carbocycles. The van der Waals surface area contributed by atoms with Gasteiger partial charge in [-0.15, -0.1) is 0 Å². The normalized spacial score (nSPS) is 11.6. The number of benzene rings is 1. The first-order chi connectivity index (χ1) is 21.3. The molecule has 7 nitrogen and oxygen atoms in total. The summed E-state index contributed by atoms with van der Waals surface area (Å²) in [6, 6.07) is 3.05. The molecule has 0 amide bonds. The Kier molecular flexibility index (Phi) is 27.8. The van der Waals surface area contributed by atoms with Crippen LogP contribution in [0.2, 0.25) is 0 Å². The van der Waals surface area contributed by atoms with Crippen molar-refractivity contribution in [2.75, 3.05) is 13.2 Å². The molecule has 0 unspecified atom stereocenters. The van der Waals surface area contributed by atoms with E-state index in [0.717, 1.165) is 43.9 Å². The van der Waals surface area contributed by atoms with Crippen molar-refractivity contribution >= 4 is 22.1 Å². The summed E-state index contributed by atoms with van der Waals surface area (Å²) >= 11 is 0. The van der Waals surface area contributed by atoms with Crippen LogP contribution in [0.15, 0.2) is 47.4 Å². The third-order valence-electron chi connectivity index (χ3n) is 7.50. The standard InChI is InChI=1S/C36H58O7S.Na/c1-3-5-7-9-11-13-15-17-19-21-23-25-29-42-35(37)33-28-27-32(44(39,40)41)31-34(33)36(38)43-30-26-24-22-20-18-16-14-12-10-8-6-4-2;/h19-22,27-28,31H,3-18,23-26,29-30H2,1-2H3,(H,39,40,41);/q;+1/p-1/b21-19+,22-20+;. The van der Waals surface area contributed by atoms with Gasteiger partial charge in [0.25, 0.3) is 0 Å². The second-order valence-electron chi connectivity index (χ2n) is 11.5. The van der Waals surface area contributed by atoms with Crippen LogP contribution in [0.5, 0.6) is 0 Å². The van der Waals surface area contributed by atoms with Gasteiger partial charge < -0.3 is 14.0 Å². The van der Waals surface area contributed by atoms with Gasteiger partial charge in [0.15, 0.2) is 0 Å². The molecule has 0 heterocycles. The van der Waals surface area contributed by atoms with Crippen LogP contribution in [-0.2, 0) is 19.6 Å². The first kappa shape index (κ1) is 43.5. The summed E-state index contributed by atoms with van der Waals surface area (Å²) in [5.74, 6) is -1.62. The molecule has 0 aromatic heterocycles. The zero-order chi connectivity index (χ0) is 32.3. The van der Waals surface area contributed by atoms with E-state index < -0.39 is 27.0 Å². The van der Waals surface area contributed by atoms with Crippen LogP contribution in [0.4, 0.5) is 0 Å². The molecule has 0 N–H and O–H groups in total. The average molecular weight is 657 g/mol. The number of hydrogen-bond donors (Lipinski definition) is 0. The van der Waals surface area contributed by atoms with E-state index in [2.05, 4.69) is 38.2 Å². The summed E-state index contributed by atoms with van der Waals surface area (Å²) in [6.07, 6.45) is 31.1. The number of ether oxygens (including phenoxy) is 2. The van der Waals surface area contributed by atoms with Gasteiger partial charge >= 0.3 is 41.5 Å². The average Bonchev–Trinajstić information content (AvgIpc) is 3.00. The van der Waals surface area contributed by atoms with Crippen molar-refractivity contribution in [2.45, 2.75) is 147 Å². The van der Waals surface area contributed by atoms with Crippen LogP contribution in [0.25, 0.3) is 0 Å². The number of carbonyl (C=O) groups is 2. The number of allylic oxidation sites excluding steroid dienone is 4. The second-order valence-corrected chi connectivity index (χ2v) is 12.9. The summed E-state index contributed by atoms with van der Waals surface area (Å²) in [6.45, 7) is 4.70. The summed E-state index contributed by atoms with van der Waals surface area (Å²) < 4.78 is 45.3. The van der Waals surface area contributed by atoms with Crippen LogP contribution < -0.4 is 29.6 Å². The number of unbranched alkanes of at least 4 members (excludes halogenated alkanes) is 16. The third-order valence-corrected chi connectivity index (χ3v) is 8.33. The van der Waals surface area contributed by atoms with Crippen LogP contribution in [0, 0.1) is 0 Å². The van der Waals surface area contributed by atoms with E-state index in [1.807, 2.05) is 0 Å². The zero-order valence-electron chi connectivity index (χ0n) is 28.4. The molecular weight excluding hydrogens is 599 g/mol. The summed E-state index contributed by atoms with van der Waals surface area (Å²) in [4.78, 5) is 24.9. The minimum absolute atomic E-state index is 0. The van der Waals surface area contributed by atoms with Gasteiger partial charge in [-0.1, -0.05) is 115 Å². The Morgan fingerprint density at radius 3 is 1.40 bits per heavy atom. The minimum atomic E-state index is -4.82. The van der Waals surface area contributed by atoms with Gasteiger partial charge in [-0.2, -0.15) is 0 Å². The Hall–Kier alpha value is -1.45. The summed E-state index contributed by atoms with van der Waals surface area (Å²) in [7, 11) is -4.82. The van der Waals surface area contributed by atoms with E-state index in [1.54, 1.807) is 0 Å². The first-order valence-corrected chi connectivity index (χ1v) is 18.5. The molecule has 250 valence electrons. The third kappa shape index (κ3) is 22.7. The van der Waals surface area contributed by atoms with Crippen molar-refractivity contribution in [1.29, 1.82) is 0 Å². The molecule has 1 rings (SSSR count). The monoisotopic (exact) mass is 656 g/mol. The molecule has 1 aromatic carbocycles. The molecule has 45 heavy (non-hydrogen) atoms. The van der Waals surface area contributed by atoms with Crippen molar-refractivity contribution in [3.05, 3.63) is 53.6 Å². The van der Waals surface area contributed by atoms with Crippen LogP contribution in [0.3, 0.4) is 0 Å². The smallest absolute Gasteiger partial charge is 0.744 e. The molecule has 0 bridgehead atoms. The number of rotatable bonds is 27. The van der Waals surface area contributed by atoms with Crippen molar-refractivity contribution in [2.24, 2.45) is 0 Å². The van der Waals surface area contributed by atoms with E-state index in [1.165, 1.54) is 89.9 Å². The molecule has 0 radical (unpaired) electrons. The maximum atomic E-state index is 12.8. The molecule has 0 aliphatic rings. The molecule has 1 aromatic rings. The quantitative estimate of drug-likeness (QED) is 0.0335. The van der Waals surface area contributed by atoms with Gasteiger partial charge in [0.1, 0.15) is 10.1 Å². The maximum Gasteiger partial charge on any atom is 1.00 e. The Bertz CT molecular complexity index is 1080. The minimum Gasteiger partial charge on any atom is -0.744 e. The Morgan fingerprint density at radius 2 is 0.978 bits per heavy atom. The Labute approximate surface area is 296 Å². The van der Waals surface area contributed by atoms with Crippen molar-refractivity contribution < 1.29 is 61.6 Å². The second kappa shape index (κ2) is 28.7. The van der Waals surface area contributed by atoms with Crippen LogP contribution in [0.1, 0.15) is 163 Å². The van der Waals surface area contributed by atoms with Gasteiger partial charge in [-0.25, -0.2) is 18.0 Å². The molecule has 0 aliphatic heterocycles. The SMILES string of the molecule is CCCCCCCCC/C=C/CCCOC(=O)c1ccc(S(=O)(=O)[O-])cc1C(=O)OCCC/C=C/CCCCCCCCC.[Na+]. The fourth-order valence-corrected chi connectivity index (χ4v) is 5.32. The largest absolute Gasteiger partial charge is 1.00 e. The number of hydrogen-bond acceptors (Lipinski definition) is 7. The van der Waals surface area contributed by atoms with E-state index >= 15 is 0 Å². The number of carbonyl (C=O) groups excluding carboxylic acids is 2. The molecule has 0 spiro atoms.